The number of benzene rings is 1. The third-order valence-corrected chi connectivity index (χ3v) is 4.81. The second-order valence-corrected chi connectivity index (χ2v) is 6.65. The maximum Gasteiger partial charge on any atom is 0.331 e. The third-order valence-electron chi connectivity index (χ3n) is 3.17. The standard InChI is InChI=1S/C18H15NO2S2/c1-13-2-5-15(6-3-13)18-19-16(12-23-18)10-21-17(20)7-4-14-8-9-22-11-14/h2-9,11-12H,10H2,1H3/b7-4+. The molecule has 0 saturated heterocycles. The number of aryl methyl sites for hydroxylation is 1. The highest BCUT2D eigenvalue weighted by Crippen LogP contribution is 2.24. The van der Waals surface area contributed by atoms with Crippen LogP contribution in [0.15, 0.2) is 52.5 Å². The first-order valence-electron chi connectivity index (χ1n) is 7.09. The zero-order valence-corrected chi connectivity index (χ0v) is 14.2. The van der Waals surface area contributed by atoms with E-state index in [1.165, 1.54) is 11.6 Å². The Balaban J connectivity index is 1.57. The molecule has 3 nitrogen and oxygen atoms in total. The first kappa shape index (κ1) is 15.6. The summed E-state index contributed by atoms with van der Waals surface area (Å²) in [6.45, 7) is 2.25. The lowest BCUT2D eigenvalue weighted by Gasteiger charge is -1.99. The van der Waals surface area contributed by atoms with Gasteiger partial charge in [-0.25, -0.2) is 9.78 Å². The summed E-state index contributed by atoms with van der Waals surface area (Å²) >= 11 is 3.14. The second kappa shape index (κ2) is 7.35. The molecule has 2 aromatic heterocycles. The summed E-state index contributed by atoms with van der Waals surface area (Å²) in [7, 11) is 0. The molecule has 5 heteroatoms. The van der Waals surface area contributed by atoms with Gasteiger partial charge in [-0.3, -0.25) is 0 Å². The Kier molecular flexibility index (Phi) is 5.00. The number of esters is 1. The van der Waals surface area contributed by atoms with Gasteiger partial charge in [-0.05, 0) is 35.4 Å². The van der Waals surface area contributed by atoms with Crippen LogP contribution in [0.5, 0.6) is 0 Å². The number of hydrogen-bond acceptors (Lipinski definition) is 5. The van der Waals surface area contributed by atoms with Crippen molar-refractivity contribution in [3.8, 4) is 10.6 Å². The molecule has 23 heavy (non-hydrogen) atoms. The van der Waals surface area contributed by atoms with Crippen LogP contribution in [-0.4, -0.2) is 11.0 Å². The van der Waals surface area contributed by atoms with Crippen LogP contribution >= 0.6 is 22.7 Å². The number of rotatable bonds is 5. The number of aromatic nitrogens is 1. The minimum Gasteiger partial charge on any atom is -0.456 e. The highest BCUT2D eigenvalue weighted by Gasteiger charge is 2.06. The number of nitrogens with zero attached hydrogens (tertiary/aromatic N) is 1. The molecule has 0 aliphatic heterocycles. The first-order chi connectivity index (χ1) is 11.2. The van der Waals surface area contributed by atoms with E-state index >= 15 is 0 Å². The van der Waals surface area contributed by atoms with E-state index in [-0.39, 0.29) is 12.6 Å². The smallest absolute Gasteiger partial charge is 0.331 e. The number of thiazole rings is 1. The number of hydrogen-bond donors (Lipinski definition) is 0. The van der Waals surface area contributed by atoms with E-state index in [0.717, 1.165) is 21.8 Å². The summed E-state index contributed by atoms with van der Waals surface area (Å²) in [4.78, 5) is 16.2. The average Bonchev–Trinajstić information content (AvgIpc) is 3.23. The normalized spacial score (nSPS) is 11.0. The van der Waals surface area contributed by atoms with Gasteiger partial charge in [0.1, 0.15) is 11.6 Å². The van der Waals surface area contributed by atoms with Crippen molar-refractivity contribution < 1.29 is 9.53 Å². The zero-order chi connectivity index (χ0) is 16.1. The molecule has 1 aromatic carbocycles. The molecule has 0 fully saturated rings. The quantitative estimate of drug-likeness (QED) is 0.487. The molecule has 0 radical (unpaired) electrons. The van der Waals surface area contributed by atoms with E-state index in [1.54, 1.807) is 28.7 Å². The molecule has 0 atom stereocenters. The van der Waals surface area contributed by atoms with Gasteiger partial charge >= 0.3 is 5.97 Å². The van der Waals surface area contributed by atoms with Crippen molar-refractivity contribution >= 4 is 34.7 Å². The van der Waals surface area contributed by atoms with Gasteiger partial charge in [0.05, 0.1) is 5.69 Å². The fourth-order valence-corrected chi connectivity index (χ4v) is 3.37. The highest BCUT2D eigenvalue weighted by molar-refractivity contribution is 7.13. The number of carbonyl (C=O) groups is 1. The molecule has 2 heterocycles. The molecule has 0 saturated carbocycles. The Morgan fingerprint density at radius 2 is 2.04 bits per heavy atom. The maximum atomic E-state index is 11.7. The van der Waals surface area contributed by atoms with E-state index < -0.39 is 0 Å². The minimum atomic E-state index is -0.360. The molecular weight excluding hydrogens is 326 g/mol. The fourth-order valence-electron chi connectivity index (χ4n) is 1.93. The molecule has 0 N–H and O–H groups in total. The van der Waals surface area contributed by atoms with Gasteiger partial charge in [0.15, 0.2) is 0 Å². The van der Waals surface area contributed by atoms with Gasteiger partial charge in [0.2, 0.25) is 0 Å². The highest BCUT2D eigenvalue weighted by atomic mass is 32.1. The molecule has 3 rings (SSSR count). The fraction of sp³-hybridized carbons (Fsp3) is 0.111. The van der Waals surface area contributed by atoms with Crippen LogP contribution in [0, 0.1) is 6.92 Å². The van der Waals surface area contributed by atoms with E-state index in [2.05, 4.69) is 24.0 Å². The number of ether oxygens (including phenoxy) is 1. The molecule has 0 amide bonds. The summed E-state index contributed by atoms with van der Waals surface area (Å²) in [5.74, 6) is -0.360. The van der Waals surface area contributed by atoms with Gasteiger partial charge < -0.3 is 4.74 Å². The monoisotopic (exact) mass is 341 g/mol. The van der Waals surface area contributed by atoms with Crippen molar-refractivity contribution in [2.45, 2.75) is 13.5 Å². The molecule has 116 valence electrons. The van der Waals surface area contributed by atoms with Crippen molar-refractivity contribution in [2.75, 3.05) is 0 Å². The molecule has 0 bridgehead atoms. The summed E-state index contributed by atoms with van der Waals surface area (Å²) in [6.07, 6.45) is 3.19. The van der Waals surface area contributed by atoms with Crippen molar-refractivity contribution in [1.29, 1.82) is 0 Å². The average molecular weight is 341 g/mol. The van der Waals surface area contributed by atoms with Crippen LogP contribution in [0.3, 0.4) is 0 Å². The van der Waals surface area contributed by atoms with Crippen LogP contribution in [0.25, 0.3) is 16.6 Å². The number of carbonyl (C=O) groups excluding carboxylic acids is 1. The van der Waals surface area contributed by atoms with Crippen molar-refractivity contribution in [2.24, 2.45) is 0 Å². The van der Waals surface area contributed by atoms with E-state index in [4.69, 9.17) is 4.74 Å². The largest absolute Gasteiger partial charge is 0.456 e. The Hall–Kier alpha value is -2.24. The summed E-state index contributed by atoms with van der Waals surface area (Å²) in [6, 6.07) is 10.2. The minimum absolute atomic E-state index is 0.190. The van der Waals surface area contributed by atoms with Crippen LogP contribution in [-0.2, 0) is 16.1 Å². The lowest BCUT2D eigenvalue weighted by Crippen LogP contribution is -2.00. The third kappa shape index (κ3) is 4.37. The van der Waals surface area contributed by atoms with E-state index in [0.29, 0.717) is 0 Å². The molecule has 0 unspecified atom stereocenters. The Morgan fingerprint density at radius 3 is 2.78 bits per heavy atom. The maximum absolute atomic E-state index is 11.7. The summed E-state index contributed by atoms with van der Waals surface area (Å²) < 4.78 is 5.22. The van der Waals surface area contributed by atoms with Gasteiger partial charge in [-0.2, -0.15) is 11.3 Å². The van der Waals surface area contributed by atoms with Gasteiger partial charge in [-0.1, -0.05) is 29.8 Å². The van der Waals surface area contributed by atoms with Crippen LogP contribution in [0.2, 0.25) is 0 Å². The summed E-state index contributed by atoms with van der Waals surface area (Å²) in [5.41, 5.74) is 4.07. The van der Waals surface area contributed by atoms with Crippen LogP contribution in [0.4, 0.5) is 0 Å². The molecule has 3 aromatic rings. The van der Waals surface area contributed by atoms with Crippen LogP contribution in [0.1, 0.15) is 16.8 Å². The van der Waals surface area contributed by atoms with Gasteiger partial charge in [0, 0.05) is 17.0 Å². The molecule has 0 aliphatic carbocycles. The lowest BCUT2D eigenvalue weighted by atomic mass is 10.2. The van der Waals surface area contributed by atoms with Crippen LogP contribution < -0.4 is 0 Å². The SMILES string of the molecule is Cc1ccc(-c2nc(COC(=O)/C=C/c3ccsc3)cs2)cc1. The predicted octanol–water partition coefficient (Wildman–Crippen LogP) is 4.94. The zero-order valence-electron chi connectivity index (χ0n) is 12.6. The van der Waals surface area contributed by atoms with E-state index in [9.17, 15) is 4.79 Å². The second-order valence-electron chi connectivity index (χ2n) is 5.01. The number of thiophene rings is 1. The summed E-state index contributed by atoms with van der Waals surface area (Å²) in [5, 5.41) is 6.79. The first-order valence-corrected chi connectivity index (χ1v) is 8.91. The Morgan fingerprint density at radius 1 is 1.22 bits per heavy atom. The Labute approximate surface area is 142 Å². The van der Waals surface area contributed by atoms with Crippen molar-refractivity contribution in [3.05, 3.63) is 69.4 Å². The molecule has 0 aliphatic rings. The molecule has 0 spiro atoms. The van der Waals surface area contributed by atoms with Crippen molar-refractivity contribution in [1.82, 2.24) is 4.98 Å². The van der Waals surface area contributed by atoms with E-state index in [1.807, 2.05) is 34.3 Å². The predicted molar refractivity (Wildman–Crippen MR) is 95.4 cm³/mol. The van der Waals surface area contributed by atoms with Gasteiger partial charge in [0.25, 0.3) is 0 Å². The van der Waals surface area contributed by atoms with Gasteiger partial charge in [-0.15, -0.1) is 11.3 Å². The lowest BCUT2D eigenvalue weighted by molar-refractivity contribution is -0.139. The Bertz CT molecular complexity index is 802. The topological polar surface area (TPSA) is 39.2 Å². The van der Waals surface area contributed by atoms with Crippen molar-refractivity contribution in [3.63, 3.8) is 0 Å². The molecular formula is C18H15NO2S2.